The lowest BCUT2D eigenvalue weighted by Crippen LogP contribution is -2.13. The number of hydrogen-bond acceptors (Lipinski definition) is 3. The van der Waals surface area contributed by atoms with Crippen molar-refractivity contribution in [3.63, 3.8) is 0 Å². The van der Waals surface area contributed by atoms with Crippen molar-refractivity contribution in [1.29, 1.82) is 0 Å². The number of nitrogens with two attached hydrogens (primary N) is 1. The van der Waals surface area contributed by atoms with Gasteiger partial charge >= 0.3 is 0 Å². The first-order valence-corrected chi connectivity index (χ1v) is 6.71. The van der Waals surface area contributed by atoms with Gasteiger partial charge in [0, 0.05) is 5.56 Å². The first-order valence-electron chi connectivity index (χ1n) is 5.13. The Bertz CT molecular complexity index is 657. The predicted molar refractivity (Wildman–Crippen MR) is 81.7 cm³/mol. The zero-order chi connectivity index (χ0) is 14.0. The molecule has 98 valence electrons. The van der Waals surface area contributed by atoms with Crippen LogP contribution in [0, 0.1) is 0 Å². The highest BCUT2D eigenvalue weighted by Gasteiger charge is 2.12. The van der Waals surface area contributed by atoms with Crippen LogP contribution in [0.1, 0.15) is 16.1 Å². The van der Waals surface area contributed by atoms with E-state index in [0.29, 0.717) is 20.9 Å². The molecular weight excluding hydrogens is 352 g/mol. The summed E-state index contributed by atoms with van der Waals surface area (Å²) in [6.07, 6.45) is 0. The third-order valence-corrected chi connectivity index (χ3v) is 3.27. The second-order valence-corrected chi connectivity index (χ2v) is 5.25. The van der Waals surface area contributed by atoms with Crippen molar-refractivity contribution in [2.24, 2.45) is 5.73 Å². The first kappa shape index (κ1) is 14.0. The Morgan fingerprint density at radius 2 is 2.11 bits per heavy atom. The lowest BCUT2D eigenvalue weighted by molar-refractivity contribution is 0.0995. The fourth-order valence-corrected chi connectivity index (χ4v) is 2.05. The van der Waals surface area contributed by atoms with E-state index in [9.17, 15) is 4.79 Å². The van der Waals surface area contributed by atoms with E-state index in [0.717, 1.165) is 0 Å². The van der Waals surface area contributed by atoms with E-state index in [1.165, 1.54) is 0 Å². The van der Waals surface area contributed by atoms with Crippen LogP contribution < -0.4 is 11.1 Å². The summed E-state index contributed by atoms with van der Waals surface area (Å²) in [6, 6.07) is 8.09. The van der Waals surface area contributed by atoms with Crippen LogP contribution >= 0.6 is 39.7 Å². The Morgan fingerprint density at radius 1 is 1.37 bits per heavy atom. The molecule has 0 saturated heterocycles. The molecule has 0 fully saturated rings. The Balaban J connectivity index is 2.20. The smallest absolute Gasteiger partial charge is 0.291 e. The zero-order valence-corrected chi connectivity index (χ0v) is 12.6. The van der Waals surface area contributed by atoms with E-state index >= 15 is 0 Å². The summed E-state index contributed by atoms with van der Waals surface area (Å²) in [5.41, 5.74) is 6.59. The number of hydrogen-bond donors (Lipinski definition) is 2. The maximum atomic E-state index is 11.9. The molecule has 0 spiro atoms. The molecule has 0 aliphatic heterocycles. The van der Waals surface area contributed by atoms with Crippen LogP contribution in [-0.4, -0.2) is 10.9 Å². The standard InChI is InChI=1S/C12H8BrClN2O2S/c13-10-4-3-9(18-10)12(17)16-8-2-1-6(11(15)19)5-7(8)14/h1-5H,(H2,15,19)(H,16,17). The molecule has 0 saturated carbocycles. The maximum Gasteiger partial charge on any atom is 0.291 e. The van der Waals surface area contributed by atoms with E-state index in [-0.39, 0.29) is 10.7 Å². The number of furan rings is 1. The van der Waals surface area contributed by atoms with E-state index in [4.69, 9.17) is 34.0 Å². The van der Waals surface area contributed by atoms with Crippen LogP contribution in [0.3, 0.4) is 0 Å². The molecule has 4 nitrogen and oxygen atoms in total. The van der Waals surface area contributed by atoms with Gasteiger partial charge in [-0.25, -0.2) is 0 Å². The molecule has 1 amide bonds. The Labute approximate surface area is 128 Å². The van der Waals surface area contributed by atoms with Crippen molar-refractivity contribution in [3.05, 3.63) is 51.3 Å². The summed E-state index contributed by atoms with van der Waals surface area (Å²) in [7, 11) is 0. The number of rotatable bonds is 3. The highest BCUT2D eigenvalue weighted by molar-refractivity contribution is 9.10. The first-order chi connectivity index (χ1) is 8.97. The summed E-state index contributed by atoms with van der Waals surface area (Å²) in [4.78, 5) is 12.1. The van der Waals surface area contributed by atoms with Crippen molar-refractivity contribution < 1.29 is 9.21 Å². The van der Waals surface area contributed by atoms with Crippen LogP contribution in [0.25, 0.3) is 0 Å². The quantitative estimate of drug-likeness (QED) is 0.822. The van der Waals surface area contributed by atoms with Gasteiger partial charge in [-0.3, -0.25) is 4.79 Å². The number of nitrogens with one attached hydrogen (secondary N) is 1. The van der Waals surface area contributed by atoms with Crippen LogP contribution in [0.5, 0.6) is 0 Å². The second-order valence-electron chi connectivity index (χ2n) is 3.62. The molecule has 2 rings (SSSR count). The molecular formula is C12H8BrClN2O2S. The Morgan fingerprint density at radius 3 is 2.63 bits per heavy atom. The topological polar surface area (TPSA) is 68.3 Å². The molecule has 0 aliphatic rings. The van der Waals surface area contributed by atoms with Crippen molar-refractivity contribution >= 4 is 56.3 Å². The predicted octanol–water partition coefficient (Wildman–Crippen LogP) is 3.58. The Kier molecular flexibility index (Phi) is 4.24. The number of carbonyl (C=O) groups is 1. The Hall–Kier alpha value is -1.37. The number of benzene rings is 1. The summed E-state index contributed by atoms with van der Waals surface area (Å²) < 4.78 is 5.62. The van der Waals surface area contributed by atoms with Crippen molar-refractivity contribution in [2.75, 3.05) is 5.32 Å². The molecule has 1 heterocycles. The van der Waals surface area contributed by atoms with Gasteiger partial charge in [0.25, 0.3) is 5.91 Å². The highest BCUT2D eigenvalue weighted by atomic mass is 79.9. The van der Waals surface area contributed by atoms with Crippen molar-refractivity contribution in [3.8, 4) is 0 Å². The molecule has 0 unspecified atom stereocenters. The molecule has 3 N–H and O–H groups in total. The monoisotopic (exact) mass is 358 g/mol. The van der Waals surface area contributed by atoms with Gasteiger partial charge in [0.1, 0.15) is 4.99 Å². The third-order valence-electron chi connectivity index (χ3n) is 2.30. The normalized spacial score (nSPS) is 10.2. The van der Waals surface area contributed by atoms with Gasteiger partial charge in [0.15, 0.2) is 10.4 Å². The van der Waals surface area contributed by atoms with Crippen LogP contribution in [0.2, 0.25) is 5.02 Å². The second kappa shape index (κ2) is 5.73. The lowest BCUT2D eigenvalue weighted by Gasteiger charge is -2.07. The SMILES string of the molecule is NC(=S)c1ccc(NC(=O)c2ccc(Br)o2)c(Cl)c1. The largest absolute Gasteiger partial charge is 0.444 e. The van der Waals surface area contributed by atoms with Gasteiger partial charge < -0.3 is 15.5 Å². The van der Waals surface area contributed by atoms with Crippen molar-refractivity contribution in [2.45, 2.75) is 0 Å². The van der Waals surface area contributed by atoms with Crippen LogP contribution in [-0.2, 0) is 0 Å². The molecule has 0 atom stereocenters. The molecule has 19 heavy (non-hydrogen) atoms. The minimum atomic E-state index is -0.393. The van der Waals surface area contributed by atoms with Gasteiger partial charge in [-0.1, -0.05) is 23.8 Å². The van der Waals surface area contributed by atoms with Gasteiger partial charge in [0.2, 0.25) is 0 Å². The molecule has 0 aliphatic carbocycles. The average molecular weight is 360 g/mol. The fraction of sp³-hybridized carbons (Fsp3) is 0. The number of anilines is 1. The third kappa shape index (κ3) is 3.34. The zero-order valence-electron chi connectivity index (χ0n) is 9.44. The number of thiocarbonyl (C=S) groups is 1. The van der Waals surface area contributed by atoms with Gasteiger partial charge in [0.05, 0.1) is 10.7 Å². The van der Waals surface area contributed by atoms with Crippen LogP contribution in [0.4, 0.5) is 5.69 Å². The number of halogens is 2. The molecule has 1 aromatic heterocycles. The van der Waals surface area contributed by atoms with E-state index in [1.807, 2.05) is 0 Å². The molecule has 2 aromatic rings. The summed E-state index contributed by atoms with van der Waals surface area (Å²) in [6.45, 7) is 0. The summed E-state index contributed by atoms with van der Waals surface area (Å²) >= 11 is 14.0. The molecule has 1 aromatic carbocycles. The van der Waals surface area contributed by atoms with Gasteiger partial charge in [-0.2, -0.15) is 0 Å². The minimum Gasteiger partial charge on any atom is -0.444 e. The van der Waals surface area contributed by atoms with E-state index in [1.54, 1.807) is 30.3 Å². The van der Waals surface area contributed by atoms with Gasteiger partial charge in [-0.15, -0.1) is 0 Å². The van der Waals surface area contributed by atoms with E-state index in [2.05, 4.69) is 21.2 Å². The summed E-state index contributed by atoms with van der Waals surface area (Å²) in [5, 5.41) is 2.99. The lowest BCUT2D eigenvalue weighted by atomic mass is 10.2. The number of amides is 1. The minimum absolute atomic E-state index is 0.182. The molecule has 0 radical (unpaired) electrons. The number of carbonyl (C=O) groups excluding carboxylic acids is 1. The van der Waals surface area contributed by atoms with Crippen LogP contribution in [0.15, 0.2) is 39.4 Å². The van der Waals surface area contributed by atoms with E-state index < -0.39 is 5.91 Å². The maximum absolute atomic E-state index is 11.9. The summed E-state index contributed by atoms with van der Waals surface area (Å²) in [5.74, 6) is -0.211. The molecule has 0 bridgehead atoms. The fourth-order valence-electron chi connectivity index (χ4n) is 1.39. The van der Waals surface area contributed by atoms with Gasteiger partial charge in [-0.05, 0) is 46.3 Å². The molecule has 7 heteroatoms. The average Bonchev–Trinajstić information content (AvgIpc) is 2.78. The van der Waals surface area contributed by atoms with Crippen molar-refractivity contribution in [1.82, 2.24) is 0 Å². The highest BCUT2D eigenvalue weighted by Crippen LogP contribution is 2.24.